The minimum absolute atomic E-state index is 0.240. The van der Waals surface area contributed by atoms with Gasteiger partial charge in [0.1, 0.15) is 5.57 Å². The number of hydrogen-bond acceptors (Lipinski definition) is 2. The van der Waals surface area contributed by atoms with Gasteiger partial charge in [-0.3, -0.25) is 0 Å². The fraction of sp³-hybridized carbons (Fsp3) is 0.600. The molecule has 0 aliphatic rings. The second-order valence-corrected chi connectivity index (χ2v) is 6.10. The van der Waals surface area contributed by atoms with Crippen LogP contribution in [0, 0.1) is 5.92 Å². The summed E-state index contributed by atoms with van der Waals surface area (Å²) < 4.78 is 0. The molecule has 0 fully saturated rings. The van der Waals surface area contributed by atoms with Crippen molar-refractivity contribution in [3.8, 4) is 0 Å². The average Bonchev–Trinajstić information content (AvgIpc) is 2.54. The zero-order valence-electron chi connectivity index (χ0n) is 14.9. The van der Waals surface area contributed by atoms with E-state index < -0.39 is 17.5 Å². The molecule has 1 atom stereocenters. The molecule has 0 spiro atoms. The molecule has 1 unspecified atom stereocenters. The van der Waals surface area contributed by atoms with E-state index in [0.717, 1.165) is 19.3 Å². The Hall–Kier alpha value is -1.84. The summed E-state index contributed by atoms with van der Waals surface area (Å²) in [4.78, 5) is 22.3. The number of carboxylic acid groups (broad SMARTS) is 2. The van der Waals surface area contributed by atoms with E-state index in [4.69, 9.17) is 10.2 Å². The lowest BCUT2D eigenvalue weighted by molar-refractivity contribution is -0.140. The first-order valence-corrected chi connectivity index (χ1v) is 8.95. The maximum absolute atomic E-state index is 11.2. The Bertz CT molecular complexity index is 433. The molecule has 0 saturated heterocycles. The number of carbonyl (C=O) groups is 2. The fourth-order valence-electron chi connectivity index (χ4n) is 2.85. The van der Waals surface area contributed by atoms with E-state index in [0.29, 0.717) is 6.42 Å². The van der Waals surface area contributed by atoms with Gasteiger partial charge in [0, 0.05) is 5.92 Å². The third-order valence-electron chi connectivity index (χ3n) is 4.24. The molecule has 4 nitrogen and oxygen atoms in total. The van der Waals surface area contributed by atoms with Crippen molar-refractivity contribution in [2.75, 3.05) is 0 Å². The molecule has 0 saturated carbocycles. The molecule has 0 rings (SSSR count). The van der Waals surface area contributed by atoms with Gasteiger partial charge < -0.3 is 10.2 Å². The van der Waals surface area contributed by atoms with Gasteiger partial charge in [-0.2, -0.15) is 0 Å². The van der Waals surface area contributed by atoms with Crippen LogP contribution in [0.4, 0.5) is 0 Å². The van der Waals surface area contributed by atoms with E-state index in [-0.39, 0.29) is 11.5 Å². The monoisotopic (exact) mass is 336 g/mol. The Balaban J connectivity index is 4.37. The Kier molecular flexibility index (Phi) is 12.5. The van der Waals surface area contributed by atoms with Gasteiger partial charge in [0.2, 0.25) is 0 Å². The highest BCUT2D eigenvalue weighted by molar-refractivity contribution is 6.13. The lowest BCUT2D eigenvalue weighted by Crippen LogP contribution is -2.17. The zero-order valence-corrected chi connectivity index (χ0v) is 14.9. The summed E-state index contributed by atoms with van der Waals surface area (Å²) in [6, 6.07) is 0. The second-order valence-electron chi connectivity index (χ2n) is 6.10. The first-order valence-electron chi connectivity index (χ1n) is 8.95. The minimum Gasteiger partial charge on any atom is -0.477 e. The van der Waals surface area contributed by atoms with Crippen LogP contribution in [-0.2, 0) is 9.59 Å². The lowest BCUT2D eigenvalue weighted by Gasteiger charge is -2.15. The molecule has 0 bridgehead atoms. The number of hydrogen-bond donors (Lipinski definition) is 2. The quantitative estimate of drug-likeness (QED) is 0.105. The zero-order chi connectivity index (χ0) is 18.4. The first-order chi connectivity index (χ1) is 11.5. The van der Waals surface area contributed by atoms with Crippen molar-refractivity contribution < 1.29 is 19.8 Å². The third-order valence-corrected chi connectivity index (χ3v) is 4.24. The van der Waals surface area contributed by atoms with E-state index in [9.17, 15) is 9.59 Å². The molecule has 0 radical (unpaired) electrons. The summed E-state index contributed by atoms with van der Waals surface area (Å²) in [5.41, 5.74) is -0.365. The molecule has 0 heterocycles. The highest BCUT2D eigenvalue weighted by Gasteiger charge is 2.24. The van der Waals surface area contributed by atoms with Crippen LogP contribution in [0.3, 0.4) is 0 Å². The summed E-state index contributed by atoms with van der Waals surface area (Å²) in [6.45, 7) is 9.51. The van der Waals surface area contributed by atoms with Crippen molar-refractivity contribution in [3.05, 3.63) is 36.5 Å². The lowest BCUT2D eigenvalue weighted by atomic mass is 9.89. The van der Waals surface area contributed by atoms with Gasteiger partial charge in [0.25, 0.3) is 0 Å². The fourth-order valence-corrected chi connectivity index (χ4v) is 2.85. The maximum atomic E-state index is 11.2. The molecular weight excluding hydrogens is 304 g/mol. The summed E-state index contributed by atoms with van der Waals surface area (Å²) >= 11 is 0. The van der Waals surface area contributed by atoms with Crippen LogP contribution in [0.15, 0.2) is 36.5 Å². The predicted octanol–water partition coefficient (Wildman–Crippen LogP) is 5.36. The van der Waals surface area contributed by atoms with Crippen LogP contribution in [0.25, 0.3) is 0 Å². The van der Waals surface area contributed by atoms with E-state index in [1.807, 2.05) is 0 Å². The minimum atomic E-state index is -1.43. The van der Waals surface area contributed by atoms with Crippen LogP contribution in [-0.4, -0.2) is 22.2 Å². The van der Waals surface area contributed by atoms with Gasteiger partial charge in [0.05, 0.1) is 0 Å². The van der Waals surface area contributed by atoms with Crippen molar-refractivity contribution in [2.24, 2.45) is 5.92 Å². The van der Waals surface area contributed by atoms with E-state index in [1.165, 1.54) is 44.6 Å². The van der Waals surface area contributed by atoms with Crippen molar-refractivity contribution in [1.29, 1.82) is 0 Å². The van der Waals surface area contributed by atoms with Crippen molar-refractivity contribution in [3.63, 3.8) is 0 Å². The molecule has 0 amide bonds. The van der Waals surface area contributed by atoms with Gasteiger partial charge in [0.15, 0.2) is 0 Å². The molecule has 0 aromatic carbocycles. The Morgan fingerprint density at radius 2 is 1.33 bits per heavy atom. The third kappa shape index (κ3) is 8.70. The van der Waals surface area contributed by atoms with Crippen LogP contribution in [0.2, 0.25) is 0 Å². The molecule has 4 heteroatoms. The van der Waals surface area contributed by atoms with E-state index in [1.54, 1.807) is 6.08 Å². The van der Waals surface area contributed by atoms with E-state index in [2.05, 4.69) is 20.1 Å². The molecule has 24 heavy (non-hydrogen) atoms. The largest absolute Gasteiger partial charge is 0.477 e. The SMILES string of the molecule is C=CC(=C(C(=O)O)C(=O)O)C(C=C)CCCCCCCCCCC. The van der Waals surface area contributed by atoms with Gasteiger partial charge in [-0.25, -0.2) is 9.59 Å². The predicted molar refractivity (Wildman–Crippen MR) is 98.0 cm³/mol. The molecule has 0 aliphatic carbocycles. The molecule has 136 valence electrons. The van der Waals surface area contributed by atoms with Gasteiger partial charge in [-0.1, -0.05) is 83.4 Å². The molecule has 0 aromatic heterocycles. The van der Waals surface area contributed by atoms with Gasteiger partial charge in [-0.05, 0) is 12.0 Å². The highest BCUT2D eigenvalue weighted by Crippen LogP contribution is 2.25. The summed E-state index contributed by atoms with van der Waals surface area (Å²) in [7, 11) is 0. The Morgan fingerprint density at radius 1 is 0.875 bits per heavy atom. The first kappa shape index (κ1) is 22.2. The standard InChI is InChI=1S/C20H32O4/c1-4-7-8-9-10-11-12-13-14-15-16(5-2)17(6-3)18(19(21)22)20(23)24/h5-6,16H,2-4,7-15H2,1H3,(H,21,22)(H,23,24). The Labute approximate surface area is 146 Å². The summed E-state index contributed by atoms with van der Waals surface area (Å²) in [6.07, 6.45) is 14.5. The smallest absolute Gasteiger partial charge is 0.343 e. The molecular formula is C20H32O4. The van der Waals surface area contributed by atoms with E-state index >= 15 is 0 Å². The van der Waals surface area contributed by atoms with Crippen LogP contribution in [0.1, 0.15) is 71.1 Å². The summed E-state index contributed by atoms with van der Waals surface area (Å²) in [5.74, 6) is -3.15. The Morgan fingerprint density at radius 3 is 1.71 bits per heavy atom. The van der Waals surface area contributed by atoms with Gasteiger partial charge in [-0.15, -0.1) is 6.58 Å². The highest BCUT2D eigenvalue weighted by atomic mass is 16.4. The maximum Gasteiger partial charge on any atom is 0.343 e. The topological polar surface area (TPSA) is 74.6 Å². The van der Waals surface area contributed by atoms with Crippen molar-refractivity contribution in [1.82, 2.24) is 0 Å². The number of carboxylic acids is 2. The van der Waals surface area contributed by atoms with Crippen LogP contribution >= 0.6 is 0 Å². The number of unbranched alkanes of at least 4 members (excludes halogenated alkanes) is 8. The summed E-state index contributed by atoms with van der Waals surface area (Å²) in [5, 5.41) is 18.2. The second kappa shape index (κ2) is 13.6. The molecule has 0 aromatic rings. The molecule has 2 N–H and O–H groups in total. The van der Waals surface area contributed by atoms with Crippen LogP contribution < -0.4 is 0 Å². The van der Waals surface area contributed by atoms with Crippen molar-refractivity contribution in [2.45, 2.75) is 71.1 Å². The average molecular weight is 336 g/mol. The van der Waals surface area contributed by atoms with Gasteiger partial charge >= 0.3 is 11.9 Å². The molecule has 0 aliphatic heterocycles. The number of aliphatic carboxylic acids is 2. The normalized spacial score (nSPS) is 11.5. The van der Waals surface area contributed by atoms with Crippen molar-refractivity contribution >= 4 is 11.9 Å². The van der Waals surface area contributed by atoms with Crippen LogP contribution in [0.5, 0.6) is 0 Å². The number of allylic oxidation sites excluding steroid dienone is 3. The number of rotatable bonds is 15.